The van der Waals surface area contributed by atoms with E-state index in [2.05, 4.69) is 26.1 Å². The van der Waals surface area contributed by atoms with Crippen LogP contribution in [0.25, 0.3) is 0 Å². The highest BCUT2D eigenvalue weighted by Crippen LogP contribution is 2.31. The van der Waals surface area contributed by atoms with Crippen molar-refractivity contribution in [1.29, 1.82) is 0 Å². The molecular weight excluding hydrogens is 251 g/mol. The van der Waals surface area contributed by atoms with Gasteiger partial charge in [0, 0.05) is 6.04 Å². The van der Waals surface area contributed by atoms with Crippen molar-refractivity contribution in [2.75, 3.05) is 7.05 Å². The molecule has 1 atom stereocenters. The van der Waals surface area contributed by atoms with Crippen LogP contribution >= 0.6 is 0 Å². The molecule has 0 radical (unpaired) electrons. The van der Waals surface area contributed by atoms with Crippen LogP contribution in [-0.2, 0) is 6.18 Å². The lowest BCUT2D eigenvalue weighted by atomic mass is 9.87. The number of alkyl halides is 3. The van der Waals surface area contributed by atoms with E-state index in [0.29, 0.717) is 0 Å². The Morgan fingerprint density at radius 3 is 1.95 bits per heavy atom. The summed E-state index contributed by atoms with van der Waals surface area (Å²) in [6, 6.07) is 5.52. The normalized spacial score (nSPS) is 14.5. The second-order valence-electron chi connectivity index (χ2n) is 6.06. The molecule has 0 aliphatic carbocycles. The summed E-state index contributed by atoms with van der Waals surface area (Å²) in [7, 11) is 1.84. The van der Waals surface area contributed by atoms with Crippen molar-refractivity contribution in [3.63, 3.8) is 0 Å². The minimum atomic E-state index is -4.26. The van der Waals surface area contributed by atoms with Crippen LogP contribution in [-0.4, -0.2) is 7.05 Å². The minimum absolute atomic E-state index is 0.0986. The monoisotopic (exact) mass is 273 g/mol. The van der Waals surface area contributed by atoms with E-state index < -0.39 is 11.7 Å². The zero-order valence-electron chi connectivity index (χ0n) is 11.9. The molecule has 0 amide bonds. The molecule has 1 N–H and O–H groups in total. The molecule has 0 fully saturated rings. The molecule has 1 rings (SSSR count). The zero-order chi connectivity index (χ0) is 14.7. The van der Waals surface area contributed by atoms with Gasteiger partial charge >= 0.3 is 6.18 Å². The number of benzene rings is 1. The van der Waals surface area contributed by atoms with E-state index in [-0.39, 0.29) is 11.5 Å². The number of hydrogen-bond donors (Lipinski definition) is 1. The van der Waals surface area contributed by atoms with Crippen molar-refractivity contribution >= 4 is 0 Å². The maximum Gasteiger partial charge on any atom is 0.416 e. The van der Waals surface area contributed by atoms with Gasteiger partial charge in [-0.05, 0) is 43.0 Å². The van der Waals surface area contributed by atoms with Crippen molar-refractivity contribution in [3.8, 4) is 0 Å². The zero-order valence-corrected chi connectivity index (χ0v) is 11.9. The highest BCUT2D eigenvalue weighted by molar-refractivity contribution is 5.26. The molecule has 0 aliphatic rings. The van der Waals surface area contributed by atoms with Gasteiger partial charge in [0.1, 0.15) is 0 Å². The first-order valence-electron chi connectivity index (χ1n) is 6.48. The van der Waals surface area contributed by atoms with Crippen LogP contribution in [0.1, 0.15) is 50.8 Å². The standard InChI is InChI=1S/C15H22F3N/c1-14(2,3)10-9-13(19-4)11-5-7-12(8-6-11)15(16,17)18/h5-8,13,19H,9-10H2,1-4H3. The third kappa shape index (κ3) is 5.23. The van der Waals surface area contributed by atoms with Gasteiger partial charge in [0.15, 0.2) is 0 Å². The Labute approximate surface area is 113 Å². The van der Waals surface area contributed by atoms with E-state index in [0.717, 1.165) is 30.5 Å². The van der Waals surface area contributed by atoms with Crippen LogP contribution in [0.2, 0.25) is 0 Å². The van der Waals surface area contributed by atoms with E-state index >= 15 is 0 Å². The smallest absolute Gasteiger partial charge is 0.313 e. The van der Waals surface area contributed by atoms with E-state index in [1.165, 1.54) is 0 Å². The first kappa shape index (κ1) is 16.0. The Balaban J connectivity index is 2.77. The Morgan fingerprint density at radius 2 is 1.58 bits per heavy atom. The lowest BCUT2D eigenvalue weighted by molar-refractivity contribution is -0.137. The van der Waals surface area contributed by atoms with Crippen molar-refractivity contribution in [2.45, 2.75) is 45.8 Å². The van der Waals surface area contributed by atoms with Gasteiger partial charge in [-0.15, -0.1) is 0 Å². The summed E-state index contributed by atoms with van der Waals surface area (Å²) >= 11 is 0. The molecule has 1 unspecified atom stereocenters. The van der Waals surface area contributed by atoms with Gasteiger partial charge in [0.05, 0.1) is 5.56 Å². The molecular formula is C15H22F3N. The summed E-state index contributed by atoms with van der Waals surface area (Å²) < 4.78 is 37.5. The average molecular weight is 273 g/mol. The molecule has 0 spiro atoms. The summed E-state index contributed by atoms with van der Waals surface area (Å²) in [4.78, 5) is 0. The van der Waals surface area contributed by atoms with Crippen molar-refractivity contribution in [3.05, 3.63) is 35.4 Å². The molecule has 1 nitrogen and oxygen atoms in total. The number of rotatable bonds is 4. The third-order valence-electron chi connectivity index (χ3n) is 3.17. The molecule has 0 saturated carbocycles. The SMILES string of the molecule is CNC(CCC(C)(C)C)c1ccc(C(F)(F)F)cc1. The van der Waals surface area contributed by atoms with Crippen molar-refractivity contribution in [2.24, 2.45) is 5.41 Å². The summed E-state index contributed by atoms with van der Waals surface area (Å²) in [6.07, 6.45) is -2.34. The van der Waals surface area contributed by atoms with Crippen LogP contribution in [0.3, 0.4) is 0 Å². The summed E-state index contributed by atoms with van der Waals surface area (Å²) in [6.45, 7) is 6.48. The largest absolute Gasteiger partial charge is 0.416 e. The van der Waals surface area contributed by atoms with Gasteiger partial charge in [-0.25, -0.2) is 0 Å². The molecule has 4 heteroatoms. The van der Waals surface area contributed by atoms with Crippen molar-refractivity contribution in [1.82, 2.24) is 5.32 Å². The Bertz CT molecular complexity index is 387. The number of halogens is 3. The second kappa shape index (κ2) is 5.95. The van der Waals surface area contributed by atoms with Crippen LogP contribution < -0.4 is 5.32 Å². The molecule has 0 heterocycles. The minimum Gasteiger partial charge on any atom is -0.313 e. The fourth-order valence-electron chi connectivity index (χ4n) is 1.96. The predicted molar refractivity (Wildman–Crippen MR) is 71.9 cm³/mol. The highest BCUT2D eigenvalue weighted by Gasteiger charge is 2.30. The molecule has 1 aromatic rings. The lowest BCUT2D eigenvalue weighted by Crippen LogP contribution is -2.19. The molecule has 0 aliphatic heterocycles. The Morgan fingerprint density at radius 1 is 1.05 bits per heavy atom. The van der Waals surface area contributed by atoms with Crippen LogP contribution in [0, 0.1) is 5.41 Å². The van der Waals surface area contributed by atoms with Gasteiger partial charge in [-0.2, -0.15) is 13.2 Å². The lowest BCUT2D eigenvalue weighted by Gasteiger charge is -2.23. The maximum absolute atomic E-state index is 12.5. The summed E-state index contributed by atoms with van der Waals surface area (Å²) in [5, 5.41) is 3.17. The van der Waals surface area contributed by atoms with Crippen LogP contribution in [0.5, 0.6) is 0 Å². The van der Waals surface area contributed by atoms with E-state index in [1.807, 2.05) is 7.05 Å². The molecule has 0 aromatic heterocycles. The quantitative estimate of drug-likeness (QED) is 0.831. The first-order valence-corrected chi connectivity index (χ1v) is 6.48. The maximum atomic E-state index is 12.5. The number of nitrogens with one attached hydrogen (secondary N) is 1. The fraction of sp³-hybridized carbons (Fsp3) is 0.600. The van der Waals surface area contributed by atoms with E-state index in [9.17, 15) is 13.2 Å². The van der Waals surface area contributed by atoms with Crippen molar-refractivity contribution < 1.29 is 13.2 Å². The van der Waals surface area contributed by atoms with Crippen LogP contribution in [0.4, 0.5) is 13.2 Å². The molecule has 108 valence electrons. The Hall–Kier alpha value is -1.03. The van der Waals surface area contributed by atoms with E-state index in [4.69, 9.17) is 0 Å². The predicted octanol–water partition coefficient (Wildman–Crippen LogP) is 4.79. The molecule has 0 bridgehead atoms. The van der Waals surface area contributed by atoms with Gasteiger partial charge < -0.3 is 5.32 Å². The highest BCUT2D eigenvalue weighted by atomic mass is 19.4. The van der Waals surface area contributed by atoms with Crippen LogP contribution in [0.15, 0.2) is 24.3 Å². The third-order valence-corrected chi connectivity index (χ3v) is 3.17. The molecule has 1 aromatic carbocycles. The van der Waals surface area contributed by atoms with Gasteiger partial charge in [-0.3, -0.25) is 0 Å². The molecule has 19 heavy (non-hydrogen) atoms. The second-order valence-corrected chi connectivity index (χ2v) is 6.06. The van der Waals surface area contributed by atoms with Gasteiger partial charge in [-0.1, -0.05) is 32.9 Å². The van der Waals surface area contributed by atoms with Gasteiger partial charge in [0.25, 0.3) is 0 Å². The Kier molecular flexibility index (Phi) is 5.02. The summed E-state index contributed by atoms with van der Waals surface area (Å²) in [5.41, 5.74) is 0.530. The fourth-order valence-corrected chi connectivity index (χ4v) is 1.96. The average Bonchev–Trinajstić information content (AvgIpc) is 2.28. The first-order chi connectivity index (χ1) is 8.63. The van der Waals surface area contributed by atoms with Gasteiger partial charge in [0.2, 0.25) is 0 Å². The molecule has 0 saturated heterocycles. The van der Waals surface area contributed by atoms with E-state index in [1.54, 1.807) is 12.1 Å². The topological polar surface area (TPSA) is 12.0 Å². The number of hydrogen-bond acceptors (Lipinski definition) is 1. The summed E-state index contributed by atoms with van der Waals surface area (Å²) in [5.74, 6) is 0.